The van der Waals surface area contributed by atoms with Gasteiger partial charge in [-0.2, -0.15) is 0 Å². The normalized spacial score (nSPS) is 30.7. The van der Waals surface area contributed by atoms with Crippen LogP contribution in [-0.4, -0.2) is 12.1 Å². The van der Waals surface area contributed by atoms with Gasteiger partial charge >= 0.3 is 5.97 Å². The third kappa shape index (κ3) is 3.62. The van der Waals surface area contributed by atoms with Crippen molar-refractivity contribution in [2.24, 2.45) is 17.8 Å². The number of allylic oxidation sites excluding steroid dienone is 1. The molecule has 0 spiro atoms. The van der Waals surface area contributed by atoms with E-state index in [1.165, 1.54) is 12.8 Å². The summed E-state index contributed by atoms with van der Waals surface area (Å²) >= 11 is 0. The summed E-state index contributed by atoms with van der Waals surface area (Å²) in [5.41, 5.74) is 0.725. The number of esters is 1. The van der Waals surface area contributed by atoms with Crippen LogP contribution in [0.5, 0.6) is 0 Å². The van der Waals surface area contributed by atoms with Gasteiger partial charge in [-0.25, -0.2) is 4.79 Å². The Bertz CT molecular complexity index is 384. The Morgan fingerprint density at radius 2 is 2.21 bits per heavy atom. The molecule has 3 heteroatoms. The molecule has 0 radical (unpaired) electrons. The number of carbonyl (C=O) groups is 1. The molecule has 3 atom stereocenters. The number of hydrogen-bond acceptors (Lipinski definition) is 3. The molecule has 0 aromatic heterocycles. The van der Waals surface area contributed by atoms with Crippen molar-refractivity contribution in [1.29, 1.82) is 0 Å². The van der Waals surface area contributed by atoms with Crippen LogP contribution in [0.4, 0.5) is 0 Å². The Hall–Kier alpha value is -1.25. The van der Waals surface area contributed by atoms with Gasteiger partial charge < -0.3 is 10.1 Å². The molecule has 106 valence electrons. The zero-order valence-corrected chi connectivity index (χ0v) is 12.2. The van der Waals surface area contributed by atoms with Gasteiger partial charge in [0.2, 0.25) is 0 Å². The van der Waals surface area contributed by atoms with E-state index in [1.54, 1.807) is 6.20 Å². The van der Waals surface area contributed by atoms with E-state index in [2.05, 4.69) is 26.1 Å². The Balaban J connectivity index is 1.98. The topological polar surface area (TPSA) is 38.3 Å². The van der Waals surface area contributed by atoms with Crippen molar-refractivity contribution < 1.29 is 9.53 Å². The van der Waals surface area contributed by atoms with Crippen molar-refractivity contribution in [1.82, 2.24) is 5.32 Å². The maximum atomic E-state index is 12.2. The molecule has 1 heterocycles. The van der Waals surface area contributed by atoms with Gasteiger partial charge in [0.1, 0.15) is 6.10 Å². The fraction of sp³-hybridized carbons (Fsp3) is 0.688. The third-order valence-corrected chi connectivity index (χ3v) is 4.29. The molecule has 2 rings (SSSR count). The van der Waals surface area contributed by atoms with Gasteiger partial charge in [-0.3, -0.25) is 0 Å². The summed E-state index contributed by atoms with van der Waals surface area (Å²) in [6.45, 7) is 6.71. The van der Waals surface area contributed by atoms with Crippen molar-refractivity contribution in [3.8, 4) is 0 Å². The van der Waals surface area contributed by atoms with Crippen LogP contribution in [0.2, 0.25) is 0 Å². The lowest BCUT2D eigenvalue weighted by Crippen LogP contribution is -2.36. The molecular formula is C16H25NO2. The van der Waals surface area contributed by atoms with Crippen LogP contribution in [0.25, 0.3) is 0 Å². The molecule has 2 aliphatic rings. The van der Waals surface area contributed by atoms with Crippen molar-refractivity contribution >= 4 is 5.97 Å². The fourth-order valence-electron chi connectivity index (χ4n) is 3.07. The zero-order valence-electron chi connectivity index (χ0n) is 12.2. The first-order valence-corrected chi connectivity index (χ1v) is 7.39. The van der Waals surface area contributed by atoms with Crippen molar-refractivity contribution in [2.45, 2.75) is 52.6 Å². The van der Waals surface area contributed by atoms with E-state index in [0.717, 1.165) is 12.0 Å². The van der Waals surface area contributed by atoms with E-state index >= 15 is 0 Å². The van der Waals surface area contributed by atoms with Crippen LogP contribution in [0.15, 0.2) is 24.0 Å². The third-order valence-electron chi connectivity index (χ3n) is 4.29. The lowest BCUT2D eigenvalue weighted by Gasteiger charge is -2.36. The number of hydrogen-bond donors (Lipinski definition) is 1. The maximum Gasteiger partial charge on any atom is 0.336 e. The molecule has 0 saturated heterocycles. The molecule has 3 unspecified atom stereocenters. The number of carbonyl (C=O) groups excluding carboxylic acids is 1. The maximum absolute atomic E-state index is 12.2. The Labute approximate surface area is 116 Å². The monoisotopic (exact) mass is 263 g/mol. The summed E-state index contributed by atoms with van der Waals surface area (Å²) in [5.74, 6) is 1.59. The molecule has 1 aliphatic carbocycles. The molecule has 3 nitrogen and oxygen atoms in total. The minimum atomic E-state index is -0.151. The van der Waals surface area contributed by atoms with E-state index in [-0.39, 0.29) is 12.1 Å². The highest BCUT2D eigenvalue weighted by molar-refractivity contribution is 5.89. The van der Waals surface area contributed by atoms with Crippen LogP contribution >= 0.6 is 0 Å². The second-order valence-corrected chi connectivity index (χ2v) is 6.21. The Morgan fingerprint density at radius 3 is 2.84 bits per heavy atom. The predicted octanol–water partition coefficient (Wildman–Crippen LogP) is 3.38. The predicted molar refractivity (Wildman–Crippen MR) is 76.2 cm³/mol. The molecule has 1 aliphatic heterocycles. The summed E-state index contributed by atoms with van der Waals surface area (Å²) in [6, 6.07) is 0. The van der Waals surface area contributed by atoms with Gasteiger partial charge in [0, 0.05) is 12.6 Å². The largest absolute Gasteiger partial charge is 0.459 e. The van der Waals surface area contributed by atoms with Gasteiger partial charge in [-0.15, -0.1) is 0 Å². The van der Waals surface area contributed by atoms with Crippen LogP contribution in [0.3, 0.4) is 0 Å². The number of nitrogens with one attached hydrogen (secondary N) is 1. The van der Waals surface area contributed by atoms with Crippen LogP contribution in [0.1, 0.15) is 46.5 Å². The van der Waals surface area contributed by atoms with Gasteiger partial charge in [0.15, 0.2) is 0 Å². The summed E-state index contributed by atoms with van der Waals surface area (Å²) in [7, 11) is 0. The first-order chi connectivity index (χ1) is 9.08. The van der Waals surface area contributed by atoms with Crippen LogP contribution < -0.4 is 5.32 Å². The molecule has 1 fully saturated rings. The van der Waals surface area contributed by atoms with E-state index in [9.17, 15) is 4.79 Å². The molecule has 0 bridgehead atoms. The molecule has 0 aromatic rings. The van der Waals surface area contributed by atoms with E-state index in [1.807, 2.05) is 12.3 Å². The van der Waals surface area contributed by atoms with Gasteiger partial charge in [-0.1, -0.05) is 33.3 Å². The minimum absolute atomic E-state index is 0.0862. The second kappa shape index (κ2) is 6.27. The van der Waals surface area contributed by atoms with Crippen LogP contribution in [-0.2, 0) is 9.53 Å². The molecule has 0 aromatic carbocycles. The van der Waals surface area contributed by atoms with Gasteiger partial charge in [-0.05, 0) is 36.8 Å². The lowest BCUT2D eigenvalue weighted by molar-refractivity contribution is -0.151. The van der Waals surface area contributed by atoms with Crippen molar-refractivity contribution in [3.05, 3.63) is 24.0 Å². The lowest BCUT2D eigenvalue weighted by atomic mass is 9.75. The molecule has 0 amide bonds. The Kier molecular flexibility index (Phi) is 4.67. The fourth-order valence-corrected chi connectivity index (χ4v) is 3.07. The van der Waals surface area contributed by atoms with E-state index in [4.69, 9.17) is 4.74 Å². The SMILES string of the molecule is CC1CCC(C(C)C)C(OC(=O)C2=CNC=CC2)C1. The molecule has 1 saturated carbocycles. The van der Waals surface area contributed by atoms with E-state index < -0.39 is 0 Å². The quantitative estimate of drug-likeness (QED) is 0.793. The van der Waals surface area contributed by atoms with Gasteiger partial charge in [0.25, 0.3) is 0 Å². The number of ether oxygens (including phenoxy) is 1. The first-order valence-electron chi connectivity index (χ1n) is 7.39. The highest BCUT2D eigenvalue weighted by atomic mass is 16.5. The van der Waals surface area contributed by atoms with Gasteiger partial charge in [0.05, 0.1) is 5.57 Å². The second-order valence-electron chi connectivity index (χ2n) is 6.21. The highest BCUT2D eigenvalue weighted by Crippen LogP contribution is 2.35. The van der Waals surface area contributed by atoms with Crippen LogP contribution in [0, 0.1) is 17.8 Å². The summed E-state index contributed by atoms with van der Waals surface area (Å²) in [4.78, 5) is 12.2. The summed E-state index contributed by atoms with van der Waals surface area (Å²) in [5, 5.41) is 2.95. The molecule has 1 N–H and O–H groups in total. The highest BCUT2D eigenvalue weighted by Gasteiger charge is 2.33. The van der Waals surface area contributed by atoms with Crippen molar-refractivity contribution in [3.63, 3.8) is 0 Å². The standard InChI is InChI=1S/C16H25NO2/c1-11(2)14-7-6-12(3)9-15(14)19-16(18)13-5-4-8-17-10-13/h4,8,10-12,14-15,17H,5-7,9H2,1-3H3. The molecule has 19 heavy (non-hydrogen) atoms. The number of dihydropyridines is 1. The summed E-state index contributed by atoms with van der Waals surface area (Å²) < 4.78 is 5.79. The molecular weight excluding hydrogens is 238 g/mol. The van der Waals surface area contributed by atoms with E-state index in [0.29, 0.717) is 24.2 Å². The average molecular weight is 263 g/mol. The number of rotatable bonds is 3. The smallest absolute Gasteiger partial charge is 0.336 e. The zero-order chi connectivity index (χ0) is 13.8. The average Bonchev–Trinajstić information content (AvgIpc) is 2.39. The first kappa shape index (κ1) is 14.2. The minimum Gasteiger partial charge on any atom is -0.459 e. The van der Waals surface area contributed by atoms with Crippen molar-refractivity contribution in [2.75, 3.05) is 0 Å². The summed E-state index contributed by atoms with van der Waals surface area (Å²) in [6.07, 6.45) is 9.72. The Morgan fingerprint density at radius 1 is 1.42 bits per heavy atom.